The first-order valence-corrected chi connectivity index (χ1v) is 8.56. The Kier molecular flexibility index (Phi) is 4.81. The SMILES string of the molecule is O=C(NCCc1csc(-n2cccn2)n1)NCc1cccs1. The molecule has 8 heteroatoms. The van der Waals surface area contributed by atoms with Crippen molar-refractivity contribution in [3.8, 4) is 5.13 Å². The first-order valence-electron chi connectivity index (χ1n) is 6.80. The van der Waals surface area contributed by atoms with Crippen LogP contribution in [0, 0.1) is 0 Å². The second-order valence-electron chi connectivity index (χ2n) is 4.51. The number of nitrogens with zero attached hydrogens (tertiary/aromatic N) is 3. The second-order valence-corrected chi connectivity index (χ2v) is 6.38. The number of amides is 2. The molecule has 0 fully saturated rings. The van der Waals surface area contributed by atoms with Crippen LogP contribution in [0.2, 0.25) is 0 Å². The summed E-state index contributed by atoms with van der Waals surface area (Å²) >= 11 is 3.16. The van der Waals surface area contributed by atoms with Gasteiger partial charge in [-0.2, -0.15) is 5.10 Å². The van der Waals surface area contributed by atoms with Gasteiger partial charge >= 0.3 is 6.03 Å². The predicted octanol–water partition coefficient (Wildman–Crippen LogP) is 2.43. The zero-order valence-corrected chi connectivity index (χ0v) is 13.4. The maximum absolute atomic E-state index is 11.7. The van der Waals surface area contributed by atoms with E-state index in [4.69, 9.17) is 0 Å². The number of urea groups is 1. The molecule has 0 aliphatic carbocycles. The van der Waals surface area contributed by atoms with Crippen LogP contribution in [0.5, 0.6) is 0 Å². The van der Waals surface area contributed by atoms with Crippen LogP contribution in [0.1, 0.15) is 10.6 Å². The van der Waals surface area contributed by atoms with Crippen LogP contribution in [0.25, 0.3) is 5.13 Å². The fourth-order valence-electron chi connectivity index (χ4n) is 1.85. The van der Waals surface area contributed by atoms with Crippen LogP contribution >= 0.6 is 22.7 Å². The number of thiophene rings is 1. The Balaban J connectivity index is 1.40. The number of thiazole rings is 1. The molecule has 114 valence electrons. The summed E-state index contributed by atoms with van der Waals surface area (Å²) in [5, 5.41) is 14.6. The van der Waals surface area contributed by atoms with Gasteiger partial charge in [0, 0.05) is 35.6 Å². The van der Waals surface area contributed by atoms with Crippen molar-refractivity contribution < 1.29 is 4.79 Å². The first-order chi connectivity index (χ1) is 10.8. The van der Waals surface area contributed by atoms with Gasteiger partial charge in [-0.1, -0.05) is 6.07 Å². The van der Waals surface area contributed by atoms with Crippen molar-refractivity contribution in [3.63, 3.8) is 0 Å². The molecular formula is C14H15N5OS2. The molecule has 3 rings (SSSR count). The summed E-state index contributed by atoms with van der Waals surface area (Å²) in [5.41, 5.74) is 0.953. The summed E-state index contributed by atoms with van der Waals surface area (Å²) in [6.07, 6.45) is 4.28. The van der Waals surface area contributed by atoms with Gasteiger partial charge in [0.15, 0.2) is 0 Å². The highest BCUT2D eigenvalue weighted by Gasteiger charge is 2.05. The van der Waals surface area contributed by atoms with Crippen LogP contribution in [0.3, 0.4) is 0 Å². The highest BCUT2D eigenvalue weighted by Crippen LogP contribution is 2.13. The average Bonchev–Trinajstić information content (AvgIpc) is 3.26. The lowest BCUT2D eigenvalue weighted by atomic mass is 10.3. The smallest absolute Gasteiger partial charge is 0.315 e. The Bertz CT molecular complexity index is 706. The lowest BCUT2D eigenvalue weighted by Gasteiger charge is -2.05. The van der Waals surface area contributed by atoms with Gasteiger partial charge in [-0.25, -0.2) is 14.5 Å². The van der Waals surface area contributed by atoms with E-state index in [-0.39, 0.29) is 6.03 Å². The third kappa shape index (κ3) is 3.92. The minimum absolute atomic E-state index is 0.157. The molecule has 6 nitrogen and oxygen atoms in total. The number of carbonyl (C=O) groups excluding carboxylic acids is 1. The van der Waals surface area contributed by atoms with Gasteiger partial charge in [-0.3, -0.25) is 0 Å². The lowest BCUT2D eigenvalue weighted by Crippen LogP contribution is -2.36. The Morgan fingerprint density at radius 2 is 2.23 bits per heavy atom. The molecule has 0 bridgehead atoms. The Morgan fingerprint density at radius 1 is 1.27 bits per heavy atom. The summed E-state index contributed by atoms with van der Waals surface area (Å²) < 4.78 is 1.73. The quantitative estimate of drug-likeness (QED) is 0.728. The molecule has 0 radical (unpaired) electrons. The fraction of sp³-hybridized carbons (Fsp3) is 0.214. The molecule has 3 aromatic heterocycles. The monoisotopic (exact) mass is 333 g/mol. The molecule has 2 N–H and O–H groups in total. The maximum Gasteiger partial charge on any atom is 0.315 e. The topological polar surface area (TPSA) is 71.8 Å². The second kappa shape index (κ2) is 7.19. The molecule has 0 spiro atoms. The van der Waals surface area contributed by atoms with Crippen molar-refractivity contribution in [2.75, 3.05) is 6.54 Å². The number of rotatable bonds is 6. The van der Waals surface area contributed by atoms with Gasteiger partial charge in [0.2, 0.25) is 5.13 Å². The van der Waals surface area contributed by atoms with Crippen LogP contribution in [-0.4, -0.2) is 27.3 Å². The summed E-state index contributed by atoms with van der Waals surface area (Å²) in [6.45, 7) is 1.11. The third-order valence-electron chi connectivity index (χ3n) is 2.91. The highest BCUT2D eigenvalue weighted by molar-refractivity contribution is 7.12. The van der Waals surface area contributed by atoms with Crippen molar-refractivity contribution in [3.05, 3.63) is 51.9 Å². The molecule has 3 aromatic rings. The van der Waals surface area contributed by atoms with Gasteiger partial charge in [0.05, 0.1) is 12.2 Å². The Morgan fingerprint density at radius 3 is 3.00 bits per heavy atom. The summed E-state index contributed by atoms with van der Waals surface area (Å²) in [7, 11) is 0. The van der Waals surface area contributed by atoms with E-state index >= 15 is 0 Å². The van der Waals surface area contributed by atoms with E-state index in [1.165, 1.54) is 11.3 Å². The highest BCUT2D eigenvalue weighted by atomic mass is 32.1. The van der Waals surface area contributed by atoms with Crippen molar-refractivity contribution in [2.24, 2.45) is 0 Å². The molecule has 3 heterocycles. The van der Waals surface area contributed by atoms with Crippen LogP contribution < -0.4 is 10.6 Å². The van der Waals surface area contributed by atoms with E-state index in [9.17, 15) is 4.79 Å². The van der Waals surface area contributed by atoms with Crippen molar-refractivity contribution >= 4 is 28.7 Å². The molecule has 0 aliphatic rings. The maximum atomic E-state index is 11.7. The number of hydrogen-bond acceptors (Lipinski definition) is 5. The fourth-order valence-corrected chi connectivity index (χ4v) is 3.29. The third-order valence-corrected chi connectivity index (χ3v) is 4.67. The van der Waals surface area contributed by atoms with Crippen LogP contribution in [0.4, 0.5) is 4.79 Å². The standard InChI is InChI=1S/C14H15N5OS2/c20-13(16-9-12-3-1-8-21-12)15-6-4-11-10-22-14(18-11)19-7-2-5-17-19/h1-3,5,7-8,10H,4,6,9H2,(H2,15,16,20). The lowest BCUT2D eigenvalue weighted by molar-refractivity contribution is 0.240. The summed E-state index contributed by atoms with van der Waals surface area (Å²) in [4.78, 5) is 17.3. The minimum Gasteiger partial charge on any atom is -0.338 e. The summed E-state index contributed by atoms with van der Waals surface area (Å²) in [5.74, 6) is 0. The molecule has 0 saturated heterocycles. The zero-order valence-electron chi connectivity index (χ0n) is 11.7. The first kappa shape index (κ1) is 14.7. The van der Waals surface area contributed by atoms with Gasteiger partial charge in [0.1, 0.15) is 0 Å². The van der Waals surface area contributed by atoms with Gasteiger partial charge in [0.25, 0.3) is 0 Å². The molecule has 2 amide bonds. The van der Waals surface area contributed by atoms with Crippen molar-refractivity contribution in [1.29, 1.82) is 0 Å². The molecule has 0 aliphatic heterocycles. The number of hydrogen-bond donors (Lipinski definition) is 2. The molecular weight excluding hydrogens is 318 g/mol. The molecule has 22 heavy (non-hydrogen) atoms. The van der Waals surface area contributed by atoms with Crippen molar-refractivity contribution in [2.45, 2.75) is 13.0 Å². The number of carbonyl (C=O) groups is 1. The molecule has 0 atom stereocenters. The zero-order chi connectivity index (χ0) is 15.2. The van der Waals surface area contributed by atoms with E-state index in [1.54, 1.807) is 22.2 Å². The van der Waals surface area contributed by atoms with Gasteiger partial charge in [-0.15, -0.1) is 22.7 Å². The van der Waals surface area contributed by atoms with E-state index < -0.39 is 0 Å². The van der Waals surface area contributed by atoms with Crippen molar-refractivity contribution in [1.82, 2.24) is 25.4 Å². The van der Waals surface area contributed by atoms with Crippen LogP contribution in [-0.2, 0) is 13.0 Å². The normalized spacial score (nSPS) is 10.5. The average molecular weight is 333 g/mol. The number of aromatic nitrogens is 3. The van der Waals surface area contributed by atoms with E-state index in [2.05, 4.69) is 20.7 Å². The molecule has 0 unspecified atom stereocenters. The van der Waals surface area contributed by atoms with Crippen LogP contribution in [0.15, 0.2) is 41.4 Å². The summed E-state index contributed by atoms with van der Waals surface area (Å²) in [6, 6.07) is 5.67. The molecule has 0 aromatic carbocycles. The minimum atomic E-state index is -0.157. The van der Waals surface area contributed by atoms with E-state index in [1.807, 2.05) is 35.2 Å². The van der Waals surface area contributed by atoms with E-state index in [0.717, 1.165) is 15.7 Å². The van der Waals surface area contributed by atoms with Gasteiger partial charge in [-0.05, 0) is 17.5 Å². The number of nitrogens with one attached hydrogen (secondary N) is 2. The Labute approximate surface area is 135 Å². The largest absolute Gasteiger partial charge is 0.338 e. The van der Waals surface area contributed by atoms with E-state index in [0.29, 0.717) is 19.5 Å². The molecule has 0 saturated carbocycles. The Hall–Kier alpha value is -2.19. The predicted molar refractivity (Wildman–Crippen MR) is 87.5 cm³/mol. The van der Waals surface area contributed by atoms with Gasteiger partial charge < -0.3 is 10.6 Å².